The highest BCUT2D eigenvalue weighted by atomic mass is 79.9. The number of rotatable bonds is 2. The number of anilines is 1. The zero-order valence-corrected chi connectivity index (χ0v) is 12.6. The Labute approximate surface area is 121 Å². The van der Waals surface area contributed by atoms with Crippen LogP contribution < -0.4 is 11.3 Å². The first kappa shape index (κ1) is 14.3. The van der Waals surface area contributed by atoms with Crippen LogP contribution in [0.4, 0.5) is 5.82 Å². The number of hydrogen-bond acceptors (Lipinski definition) is 4. The number of carbonyl (C=O) groups excluding carboxylic acids is 1. The Hall–Kier alpha value is -1.14. The van der Waals surface area contributed by atoms with Crippen molar-refractivity contribution in [2.45, 2.75) is 26.2 Å². The van der Waals surface area contributed by atoms with Gasteiger partial charge in [-0.05, 0) is 47.2 Å². The van der Waals surface area contributed by atoms with Gasteiger partial charge in [-0.2, -0.15) is 0 Å². The largest absolute Gasteiger partial charge is 0.339 e. The minimum Gasteiger partial charge on any atom is -0.339 e. The maximum absolute atomic E-state index is 12.6. The molecule has 1 aromatic rings. The highest BCUT2D eigenvalue weighted by Crippen LogP contribution is 2.22. The van der Waals surface area contributed by atoms with Gasteiger partial charge in [0.15, 0.2) is 5.82 Å². The predicted molar refractivity (Wildman–Crippen MR) is 78.7 cm³/mol. The van der Waals surface area contributed by atoms with E-state index in [0.717, 1.165) is 30.4 Å². The molecule has 1 aliphatic rings. The van der Waals surface area contributed by atoms with Gasteiger partial charge in [0.2, 0.25) is 0 Å². The molecule has 0 spiro atoms. The number of nitrogens with one attached hydrogen (secondary N) is 1. The topological polar surface area (TPSA) is 71.2 Å². The summed E-state index contributed by atoms with van der Waals surface area (Å²) in [5.41, 5.74) is 3.01. The maximum atomic E-state index is 12.6. The standard InChI is InChI=1S/C13H19BrN4O/c1-9-3-2-5-18(6-4-9)13(19)11-7-10(14)8-16-12(11)17-15/h7-9H,2-6,15H2,1H3,(H,16,17). The molecule has 1 aromatic heterocycles. The Morgan fingerprint density at radius 1 is 1.53 bits per heavy atom. The predicted octanol–water partition coefficient (Wildman–Crippen LogP) is 2.39. The maximum Gasteiger partial charge on any atom is 0.257 e. The summed E-state index contributed by atoms with van der Waals surface area (Å²) < 4.78 is 0.776. The number of likely N-dealkylation sites (tertiary alicyclic amines) is 1. The molecule has 19 heavy (non-hydrogen) atoms. The van der Waals surface area contributed by atoms with E-state index in [-0.39, 0.29) is 5.91 Å². The van der Waals surface area contributed by atoms with Gasteiger partial charge in [-0.25, -0.2) is 10.8 Å². The van der Waals surface area contributed by atoms with Gasteiger partial charge in [0.05, 0.1) is 5.56 Å². The van der Waals surface area contributed by atoms with Gasteiger partial charge in [-0.3, -0.25) is 4.79 Å². The lowest BCUT2D eigenvalue weighted by Crippen LogP contribution is -2.33. The minimum atomic E-state index is -0.00384. The van der Waals surface area contributed by atoms with E-state index in [4.69, 9.17) is 5.84 Å². The average Bonchev–Trinajstić information content (AvgIpc) is 2.62. The number of aromatic nitrogens is 1. The van der Waals surface area contributed by atoms with Crippen LogP contribution in [0, 0.1) is 5.92 Å². The first-order valence-corrected chi connectivity index (χ1v) is 7.32. The molecule has 0 aliphatic carbocycles. The molecule has 0 saturated carbocycles. The van der Waals surface area contributed by atoms with E-state index in [1.165, 1.54) is 6.42 Å². The second-order valence-electron chi connectivity index (χ2n) is 5.02. The highest BCUT2D eigenvalue weighted by molar-refractivity contribution is 9.10. The average molecular weight is 327 g/mol. The van der Waals surface area contributed by atoms with E-state index >= 15 is 0 Å². The molecule has 5 nitrogen and oxygen atoms in total. The molecule has 6 heteroatoms. The van der Waals surface area contributed by atoms with Crippen molar-refractivity contribution in [3.63, 3.8) is 0 Å². The van der Waals surface area contributed by atoms with Crippen LogP contribution in [0.15, 0.2) is 16.7 Å². The number of hydrazine groups is 1. The smallest absolute Gasteiger partial charge is 0.257 e. The Morgan fingerprint density at radius 3 is 3.05 bits per heavy atom. The van der Waals surface area contributed by atoms with Crippen LogP contribution in [0.2, 0.25) is 0 Å². The van der Waals surface area contributed by atoms with E-state index < -0.39 is 0 Å². The zero-order chi connectivity index (χ0) is 13.8. The number of hydrogen-bond donors (Lipinski definition) is 2. The van der Waals surface area contributed by atoms with Crippen molar-refractivity contribution in [1.29, 1.82) is 0 Å². The number of nitrogens with zero attached hydrogens (tertiary/aromatic N) is 2. The number of halogens is 1. The first-order valence-electron chi connectivity index (χ1n) is 6.53. The van der Waals surface area contributed by atoms with Gasteiger partial charge in [0.25, 0.3) is 5.91 Å². The van der Waals surface area contributed by atoms with Crippen molar-refractivity contribution in [3.8, 4) is 0 Å². The first-order chi connectivity index (χ1) is 9.11. The lowest BCUT2D eigenvalue weighted by atomic mass is 10.0. The number of pyridine rings is 1. The minimum absolute atomic E-state index is 0.00384. The fraction of sp³-hybridized carbons (Fsp3) is 0.538. The molecule has 1 unspecified atom stereocenters. The third-order valence-electron chi connectivity index (χ3n) is 3.53. The fourth-order valence-corrected chi connectivity index (χ4v) is 2.69. The van der Waals surface area contributed by atoms with Crippen molar-refractivity contribution in [1.82, 2.24) is 9.88 Å². The van der Waals surface area contributed by atoms with Gasteiger partial charge in [0, 0.05) is 23.8 Å². The lowest BCUT2D eigenvalue weighted by Gasteiger charge is -2.21. The van der Waals surface area contributed by atoms with E-state index in [9.17, 15) is 4.79 Å². The molecule has 2 rings (SSSR count). The van der Waals surface area contributed by atoms with Crippen molar-refractivity contribution >= 4 is 27.7 Å². The summed E-state index contributed by atoms with van der Waals surface area (Å²) in [7, 11) is 0. The van der Waals surface area contributed by atoms with E-state index in [1.54, 1.807) is 12.3 Å². The molecule has 1 amide bonds. The highest BCUT2D eigenvalue weighted by Gasteiger charge is 2.22. The van der Waals surface area contributed by atoms with Gasteiger partial charge in [0.1, 0.15) is 0 Å². The second kappa shape index (κ2) is 6.34. The number of nitrogens with two attached hydrogens (primary N) is 1. The van der Waals surface area contributed by atoms with Crippen molar-refractivity contribution in [3.05, 3.63) is 22.3 Å². The molecule has 0 radical (unpaired) electrons. The normalized spacial score (nSPS) is 19.9. The molecule has 1 aliphatic heterocycles. The third-order valence-corrected chi connectivity index (χ3v) is 3.96. The van der Waals surface area contributed by atoms with Crippen molar-refractivity contribution < 1.29 is 4.79 Å². The number of nitrogen functional groups attached to an aromatic ring is 1. The molecular weight excluding hydrogens is 308 g/mol. The Bertz CT molecular complexity index is 466. The summed E-state index contributed by atoms with van der Waals surface area (Å²) in [6, 6.07) is 1.76. The van der Waals surface area contributed by atoms with Crippen LogP contribution in [0.1, 0.15) is 36.5 Å². The van der Waals surface area contributed by atoms with Gasteiger partial charge in [-0.15, -0.1) is 0 Å². The summed E-state index contributed by atoms with van der Waals surface area (Å²) in [4.78, 5) is 18.6. The monoisotopic (exact) mass is 326 g/mol. The van der Waals surface area contributed by atoms with Crippen LogP contribution in [0.25, 0.3) is 0 Å². The van der Waals surface area contributed by atoms with Gasteiger partial charge < -0.3 is 10.3 Å². The zero-order valence-electron chi connectivity index (χ0n) is 11.0. The van der Waals surface area contributed by atoms with Crippen LogP contribution in [0.5, 0.6) is 0 Å². The van der Waals surface area contributed by atoms with Gasteiger partial charge >= 0.3 is 0 Å². The third kappa shape index (κ3) is 3.45. The molecule has 0 bridgehead atoms. The van der Waals surface area contributed by atoms with E-state index in [1.807, 2.05) is 4.90 Å². The van der Waals surface area contributed by atoms with Crippen LogP contribution in [-0.4, -0.2) is 28.9 Å². The summed E-state index contributed by atoms with van der Waals surface area (Å²) in [5.74, 6) is 6.53. The molecule has 1 fully saturated rings. The Kier molecular flexibility index (Phi) is 4.76. The van der Waals surface area contributed by atoms with Crippen LogP contribution in [0.3, 0.4) is 0 Å². The summed E-state index contributed by atoms with van der Waals surface area (Å²) in [6.07, 6.45) is 4.91. The van der Waals surface area contributed by atoms with Gasteiger partial charge in [-0.1, -0.05) is 6.92 Å². The number of carbonyl (C=O) groups is 1. The summed E-state index contributed by atoms with van der Waals surface area (Å²) in [5, 5.41) is 0. The molecule has 1 atom stereocenters. The molecule has 3 N–H and O–H groups in total. The Morgan fingerprint density at radius 2 is 2.32 bits per heavy atom. The second-order valence-corrected chi connectivity index (χ2v) is 5.94. The SMILES string of the molecule is CC1CCCN(C(=O)c2cc(Br)cnc2NN)CC1. The molecule has 0 aromatic carbocycles. The quantitative estimate of drug-likeness (QED) is 0.646. The molecule has 2 heterocycles. The molecular formula is C13H19BrN4O. The lowest BCUT2D eigenvalue weighted by molar-refractivity contribution is 0.0761. The van der Waals surface area contributed by atoms with Crippen molar-refractivity contribution in [2.24, 2.45) is 11.8 Å². The van der Waals surface area contributed by atoms with Crippen LogP contribution >= 0.6 is 15.9 Å². The summed E-state index contributed by atoms with van der Waals surface area (Å²) in [6.45, 7) is 3.84. The van der Waals surface area contributed by atoms with E-state index in [2.05, 4.69) is 33.3 Å². The van der Waals surface area contributed by atoms with Crippen molar-refractivity contribution in [2.75, 3.05) is 18.5 Å². The molecule has 104 valence electrons. The fourth-order valence-electron chi connectivity index (χ4n) is 2.35. The Balaban J connectivity index is 2.21. The molecule has 1 saturated heterocycles. The number of amides is 1. The van der Waals surface area contributed by atoms with E-state index in [0.29, 0.717) is 17.3 Å². The summed E-state index contributed by atoms with van der Waals surface area (Å²) >= 11 is 3.34. The van der Waals surface area contributed by atoms with Crippen LogP contribution in [-0.2, 0) is 0 Å².